The van der Waals surface area contributed by atoms with Crippen LogP contribution in [0.3, 0.4) is 0 Å². The Morgan fingerprint density at radius 2 is 1.94 bits per heavy atom. The molecule has 0 radical (unpaired) electrons. The molecule has 0 atom stereocenters. The standard InChI is InChI=1S/C11H12BrNO3/c12-6-10(14)7-13-11(15)16-8-9-4-2-1-3-5-9/h1-5H,6-8H2,(H,13,15). The number of ketones is 1. The van der Waals surface area contributed by atoms with Gasteiger partial charge in [0, 0.05) is 0 Å². The van der Waals surface area contributed by atoms with E-state index in [0.29, 0.717) is 0 Å². The second-order valence-corrected chi connectivity index (χ2v) is 3.65. The lowest BCUT2D eigenvalue weighted by molar-refractivity contribution is -0.115. The Labute approximate surface area is 102 Å². The zero-order chi connectivity index (χ0) is 11.8. The van der Waals surface area contributed by atoms with E-state index in [-0.39, 0.29) is 24.3 Å². The van der Waals surface area contributed by atoms with Crippen LogP contribution < -0.4 is 5.32 Å². The highest BCUT2D eigenvalue weighted by molar-refractivity contribution is 9.09. The summed E-state index contributed by atoms with van der Waals surface area (Å²) in [4.78, 5) is 22.0. The molecule has 1 aromatic carbocycles. The number of nitrogens with one attached hydrogen (secondary N) is 1. The molecular weight excluding hydrogens is 274 g/mol. The largest absolute Gasteiger partial charge is 0.445 e. The monoisotopic (exact) mass is 285 g/mol. The van der Waals surface area contributed by atoms with Gasteiger partial charge in [-0.25, -0.2) is 4.79 Å². The van der Waals surface area contributed by atoms with Crippen molar-refractivity contribution >= 4 is 27.8 Å². The second kappa shape index (κ2) is 7.00. The van der Waals surface area contributed by atoms with Crippen LogP contribution in [0.1, 0.15) is 5.56 Å². The fraction of sp³-hybridized carbons (Fsp3) is 0.273. The van der Waals surface area contributed by atoms with Crippen molar-refractivity contribution in [3.8, 4) is 0 Å². The molecule has 1 amide bonds. The van der Waals surface area contributed by atoms with Crippen molar-refractivity contribution < 1.29 is 14.3 Å². The number of benzene rings is 1. The number of Topliss-reactive ketones (excluding diaryl/α,β-unsaturated/α-hetero) is 1. The quantitative estimate of drug-likeness (QED) is 0.841. The van der Waals surface area contributed by atoms with Crippen LogP contribution in [0.15, 0.2) is 30.3 Å². The van der Waals surface area contributed by atoms with E-state index in [1.54, 1.807) is 0 Å². The fourth-order valence-electron chi connectivity index (χ4n) is 0.992. The lowest BCUT2D eigenvalue weighted by Crippen LogP contribution is -2.30. The van der Waals surface area contributed by atoms with Gasteiger partial charge in [0.15, 0.2) is 5.78 Å². The Morgan fingerprint density at radius 1 is 1.25 bits per heavy atom. The molecule has 16 heavy (non-hydrogen) atoms. The number of alkyl halides is 1. The number of carbonyl (C=O) groups excluding carboxylic acids is 2. The summed E-state index contributed by atoms with van der Waals surface area (Å²) in [5.41, 5.74) is 0.907. The summed E-state index contributed by atoms with van der Waals surface area (Å²) in [7, 11) is 0. The lowest BCUT2D eigenvalue weighted by atomic mass is 10.2. The first-order valence-corrected chi connectivity index (χ1v) is 5.86. The number of hydrogen-bond acceptors (Lipinski definition) is 3. The average Bonchev–Trinajstić information content (AvgIpc) is 2.34. The topological polar surface area (TPSA) is 55.4 Å². The maximum Gasteiger partial charge on any atom is 0.407 e. The number of rotatable bonds is 5. The van der Waals surface area contributed by atoms with Crippen LogP contribution in [0.4, 0.5) is 4.79 Å². The highest BCUT2D eigenvalue weighted by atomic mass is 79.9. The third-order valence-electron chi connectivity index (χ3n) is 1.79. The molecular formula is C11H12BrNO3. The molecule has 0 aliphatic heterocycles. The lowest BCUT2D eigenvalue weighted by Gasteiger charge is -2.05. The molecule has 86 valence electrons. The average molecular weight is 286 g/mol. The van der Waals surface area contributed by atoms with Gasteiger partial charge in [-0.3, -0.25) is 4.79 Å². The molecule has 0 bridgehead atoms. The number of ether oxygens (including phenoxy) is 1. The van der Waals surface area contributed by atoms with Crippen molar-refractivity contribution in [3.05, 3.63) is 35.9 Å². The number of amides is 1. The first kappa shape index (κ1) is 12.7. The van der Waals surface area contributed by atoms with Gasteiger partial charge in [-0.2, -0.15) is 0 Å². The molecule has 0 aromatic heterocycles. The summed E-state index contributed by atoms with van der Waals surface area (Å²) in [6, 6.07) is 9.34. The first-order valence-electron chi connectivity index (χ1n) is 4.74. The number of alkyl carbamates (subject to hydrolysis) is 1. The minimum absolute atomic E-state index is 0.0150. The van der Waals surface area contributed by atoms with Crippen molar-refractivity contribution in [2.75, 3.05) is 11.9 Å². The van der Waals surface area contributed by atoms with Gasteiger partial charge in [-0.05, 0) is 5.56 Å². The molecule has 0 aliphatic rings. The minimum atomic E-state index is -0.585. The molecule has 0 saturated carbocycles. The molecule has 4 nitrogen and oxygen atoms in total. The second-order valence-electron chi connectivity index (χ2n) is 3.09. The van der Waals surface area contributed by atoms with Crippen molar-refractivity contribution in [1.82, 2.24) is 5.32 Å². The van der Waals surface area contributed by atoms with Crippen molar-refractivity contribution in [3.63, 3.8) is 0 Å². The SMILES string of the molecule is O=C(CBr)CNC(=O)OCc1ccccc1. The van der Waals surface area contributed by atoms with E-state index in [2.05, 4.69) is 21.2 Å². The zero-order valence-electron chi connectivity index (χ0n) is 8.61. The molecule has 0 unspecified atom stereocenters. The summed E-state index contributed by atoms with van der Waals surface area (Å²) in [5.74, 6) is -0.100. The van der Waals surface area contributed by atoms with Gasteiger partial charge in [0.2, 0.25) is 0 Å². The van der Waals surface area contributed by atoms with Gasteiger partial charge in [0.05, 0.1) is 11.9 Å². The van der Waals surface area contributed by atoms with Gasteiger partial charge in [0.25, 0.3) is 0 Å². The molecule has 0 saturated heterocycles. The normalized spacial score (nSPS) is 9.56. The Kier molecular flexibility index (Phi) is 5.56. The van der Waals surface area contributed by atoms with E-state index >= 15 is 0 Å². The van der Waals surface area contributed by atoms with Crippen LogP contribution in [0.2, 0.25) is 0 Å². The number of hydrogen-bond donors (Lipinski definition) is 1. The van der Waals surface area contributed by atoms with Gasteiger partial charge >= 0.3 is 6.09 Å². The Bertz CT molecular complexity index is 354. The molecule has 0 fully saturated rings. The predicted molar refractivity (Wildman–Crippen MR) is 63.4 cm³/mol. The van der Waals surface area contributed by atoms with E-state index in [4.69, 9.17) is 4.74 Å². The van der Waals surface area contributed by atoms with Crippen LogP contribution in [-0.4, -0.2) is 23.8 Å². The Hall–Kier alpha value is -1.36. The third-order valence-corrected chi connectivity index (χ3v) is 2.42. The zero-order valence-corrected chi connectivity index (χ0v) is 10.2. The molecule has 1 N–H and O–H groups in total. The molecule has 5 heteroatoms. The van der Waals surface area contributed by atoms with E-state index in [0.717, 1.165) is 5.56 Å². The minimum Gasteiger partial charge on any atom is -0.445 e. The molecule has 0 aliphatic carbocycles. The summed E-state index contributed by atoms with van der Waals surface area (Å²) < 4.78 is 4.91. The first-order chi connectivity index (χ1) is 7.72. The summed E-state index contributed by atoms with van der Waals surface area (Å²) >= 11 is 3.00. The predicted octanol–water partition coefficient (Wildman–Crippen LogP) is 1.88. The highest BCUT2D eigenvalue weighted by Crippen LogP contribution is 2.00. The summed E-state index contributed by atoms with van der Waals surface area (Å²) in [6.07, 6.45) is -0.585. The number of carbonyl (C=O) groups is 2. The van der Waals surface area contributed by atoms with Crippen LogP contribution in [0, 0.1) is 0 Å². The highest BCUT2D eigenvalue weighted by Gasteiger charge is 2.04. The van der Waals surface area contributed by atoms with E-state index in [1.807, 2.05) is 30.3 Å². The van der Waals surface area contributed by atoms with Crippen LogP contribution in [0.5, 0.6) is 0 Å². The molecule has 1 aromatic rings. The van der Waals surface area contributed by atoms with Gasteiger partial charge in [-0.15, -0.1) is 0 Å². The van der Waals surface area contributed by atoms with Crippen molar-refractivity contribution in [2.45, 2.75) is 6.61 Å². The molecule has 0 heterocycles. The number of halogens is 1. The van der Waals surface area contributed by atoms with Gasteiger partial charge < -0.3 is 10.1 Å². The summed E-state index contributed by atoms with van der Waals surface area (Å²) in [6.45, 7) is 0.189. The van der Waals surface area contributed by atoms with E-state index in [1.165, 1.54) is 0 Å². The Balaban J connectivity index is 2.23. The van der Waals surface area contributed by atoms with Gasteiger partial charge in [-0.1, -0.05) is 46.3 Å². The van der Waals surface area contributed by atoms with E-state index < -0.39 is 6.09 Å². The van der Waals surface area contributed by atoms with Crippen LogP contribution in [-0.2, 0) is 16.1 Å². The van der Waals surface area contributed by atoms with Crippen LogP contribution in [0.25, 0.3) is 0 Å². The smallest absolute Gasteiger partial charge is 0.407 e. The van der Waals surface area contributed by atoms with Gasteiger partial charge in [0.1, 0.15) is 6.61 Å². The Morgan fingerprint density at radius 3 is 2.56 bits per heavy atom. The third kappa shape index (κ3) is 4.93. The van der Waals surface area contributed by atoms with Crippen molar-refractivity contribution in [2.24, 2.45) is 0 Å². The fourth-order valence-corrected chi connectivity index (χ4v) is 1.19. The maximum absolute atomic E-state index is 11.1. The summed E-state index contributed by atoms with van der Waals surface area (Å²) in [5, 5.41) is 2.59. The van der Waals surface area contributed by atoms with E-state index in [9.17, 15) is 9.59 Å². The molecule has 1 rings (SSSR count). The van der Waals surface area contributed by atoms with Crippen LogP contribution >= 0.6 is 15.9 Å². The molecule has 0 spiro atoms. The maximum atomic E-state index is 11.1. The van der Waals surface area contributed by atoms with Crippen molar-refractivity contribution in [1.29, 1.82) is 0 Å².